The zero-order chi connectivity index (χ0) is 13.4. The molecule has 3 rings (SSSR count). The second-order valence-electron chi connectivity index (χ2n) is 5.89. The van der Waals surface area contributed by atoms with Gasteiger partial charge in [0.15, 0.2) is 0 Å². The standard InChI is InChI=1S/C15H21N3O/c16-11-5-6-12(15(17)19)14(7-11)18-8-13(9-1-2-9)10-3-4-10/h5-7,9-10,13,18H,1-4,8,16H2,(H2,17,19). The van der Waals surface area contributed by atoms with Crippen molar-refractivity contribution in [2.45, 2.75) is 25.7 Å². The van der Waals surface area contributed by atoms with Gasteiger partial charge in [-0.25, -0.2) is 0 Å². The van der Waals surface area contributed by atoms with E-state index in [2.05, 4.69) is 5.32 Å². The molecule has 0 aliphatic heterocycles. The molecule has 1 aromatic carbocycles. The summed E-state index contributed by atoms with van der Waals surface area (Å²) in [6.45, 7) is 0.930. The van der Waals surface area contributed by atoms with Crippen molar-refractivity contribution in [2.24, 2.45) is 23.5 Å². The SMILES string of the molecule is NC(=O)c1ccc(N)cc1NCC(C1CC1)C1CC1. The zero-order valence-electron chi connectivity index (χ0n) is 11.1. The van der Waals surface area contributed by atoms with E-state index in [-0.39, 0.29) is 0 Å². The van der Waals surface area contributed by atoms with Crippen molar-refractivity contribution in [1.82, 2.24) is 0 Å². The molecule has 19 heavy (non-hydrogen) atoms. The summed E-state index contributed by atoms with van der Waals surface area (Å²) in [5, 5.41) is 3.40. The Bertz CT molecular complexity index is 480. The number of rotatable bonds is 6. The monoisotopic (exact) mass is 259 g/mol. The van der Waals surface area contributed by atoms with E-state index >= 15 is 0 Å². The van der Waals surface area contributed by atoms with Crippen molar-refractivity contribution in [3.63, 3.8) is 0 Å². The van der Waals surface area contributed by atoms with E-state index < -0.39 is 5.91 Å². The van der Waals surface area contributed by atoms with Crippen molar-refractivity contribution in [3.05, 3.63) is 23.8 Å². The van der Waals surface area contributed by atoms with Gasteiger partial charge < -0.3 is 16.8 Å². The molecule has 0 spiro atoms. The van der Waals surface area contributed by atoms with E-state index in [0.29, 0.717) is 11.3 Å². The Balaban J connectivity index is 1.71. The van der Waals surface area contributed by atoms with Gasteiger partial charge in [0.05, 0.1) is 5.56 Å². The van der Waals surface area contributed by atoms with Crippen LogP contribution in [0, 0.1) is 17.8 Å². The number of anilines is 2. The predicted octanol–water partition coefficient (Wildman–Crippen LogP) is 2.22. The molecular formula is C15H21N3O. The van der Waals surface area contributed by atoms with Crippen molar-refractivity contribution < 1.29 is 4.79 Å². The van der Waals surface area contributed by atoms with Crippen molar-refractivity contribution in [1.29, 1.82) is 0 Å². The average molecular weight is 259 g/mol. The summed E-state index contributed by atoms with van der Waals surface area (Å²) in [6, 6.07) is 5.21. The van der Waals surface area contributed by atoms with Crippen LogP contribution in [0.25, 0.3) is 0 Å². The van der Waals surface area contributed by atoms with Crippen LogP contribution in [-0.2, 0) is 0 Å². The Morgan fingerprint density at radius 2 is 1.89 bits per heavy atom. The van der Waals surface area contributed by atoms with Crippen LogP contribution >= 0.6 is 0 Å². The maximum Gasteiger partial charge on any atom is 0.250 e. The molecule has 0 saturated heterocycles. The van der Waals surface area contributed by atoms with E-state index in [9.17, 15) is 4.79 Å². The Hall–Kier alpha value is -1.71. The Kier molecular flexibility index (Phi) is 3.09. The van der Waals surface area contributed by atoms with Gasteiger partial charge >= 0.3 is 0 Å². The van der Waals surface area contributed by atoms with Crippen LogP contribution < -0.4 is 16.8 Å². The Labute approximate surface area is 113 Å². The number of primary amides is 1. The third kappa shape index (κ3) is 2.83. The van der Waals surface area contributed by atoms with Crippen LogP contribution in [0.15, 0.2) is 18.2 Å². The molecule has 4 nitrogen and oxygen atoms in total. The highest BCUT2D eigenvalue weighted by Crippen LogP contribution is 2.49. The molecular weight excluding hydrogens is 238 g/mol. The number of carbonyl (C=O) groups is 1. The topological polar surface area (TPSA) is 81.1 Å². The van der Waals surface area contributed by atoms with E-state index in [0.717, 1.165) is 30.0 Å². The first-order valence-corrected chi connectivity index (χ1v) is 7.08. The van der Waals surface area contributed by atoms with Crippen LogP contribution in [0.5, 0.6) is 0 Å². The largest absolute Gasteiger partial charge is 0.399 e. The van der Waals surface area contributed by atoms with Gasteiger partial charge in [-0.1, -0.05) is 0 Å². The van der Waals surface area contributed by atoms with Crippen LogP contribution in [-0.4, -0.2) is 12.5 Å². The second-order valence-corrected chi connectivity index (χ2v) is 5.89. The number of nitrogen functional groups attached to an aromatic ring is 1. The lowest BCUT2D eigenvalue weighted by atomic mass is 9.97. The molecule has 1 aromatic rings. The first kappa shape index (κ1) is 12.3. The minimum Gasteiger partial charge on any atom is -0.399 e. The second kappa shape index (κ2) is 4.76. The smallest absolute Gasteiger partial charge is 0.250 e. The molecule has 0 aromatic heterocycles. The van der Waals surface area contributed by atoms with E-state index in [1.165, 1.54) is 25.7 Å². The summed E-state index contributed by atoms with van der Waals surface area (Å²) in [7, 11) is 0. The van der Waals surface area contributed by atoms with E-state index in [1.54, 1.807) is 18.2 Å². The van der Waals surface area contributed by atoms with Crippen molar-refractivity contribution >= 4 is 17.3 Å². The minimum atomic E-state index is -0.406. The first-order valence-electron chi connectivity index (χ1n) is 7.08. The lowest BCUT2D eigenvalue weighted by Crippen LogP contribution is -2.21. The number of carbonyl (C=O) groups excluding carboxylic acids is 1. The fraction of sp³-hybridized carbons (Fsp3) is 0.533. The molecule has 102 valence electrons. The quantitative estimate of drug-likeness (QED) is 0.685. The fourth-order valence-electron chi connectivity index (χ4n) is 2.92. The van der Waals surface area contributed by atoms with Crippen LogP contribution in [0.4, 0.5) is 11.4 Å². The molecule has 0 unspecified atom stereocenters. The number of benzene rings is 1. The zero-order valence-corrected chi connectivity index (χ0v) is 11.1. The summed E-state index contributed by atoms with van der Waals surface area (Å²) in [5.74, 6) is 2.12. The molecule has 2 saturated carbocycles. The molecule has 5 N–H and O–H groups in total. The predicted molar refractivity (Wildman–Crippen MR) is 76.8 cm³/mol. The number of hydrogen-bond donors (Lipinski definition) is 3. The van der Waals surface area contributed by atoms with Crippen LogP contribution in [0.3, 0.4) is 0 Å². The Morgan fingerprint density at radius 3 is 2.42 bits per heavy atom. The van der Waals surface area contributed by atoms with Gasteiger partial charge in [0.1, 0.15) is 0 Å². The summed E-state index contributed by atoms with van der Waals surface area (Å²) < 4.78 is 0. The highest BCUT2D eigenvalue weighted by atomic mass is 16.1. The number of nitrogens with two attached hydrogens (primary N) is 2. The van der Waals surface area contributed by atoms with E-state index in [4.69, 9.17) is 11.5 Å². The first-order chi connectivity index (χ1) is 9.15. The van der Waals surface area contributed by atoms with E-state index in [1.807, 2.05) is 0 Å². The molecule has 0 bridgehead atoms. The Morgan fingerprint density at radius 1 is 1.26 bits per heavy atom. The average Bonchev–Trinajstić information content (AvgIpc) is 3.24. The summed E-state index contributed by atoms with van der Waals surface area (Å²) >= 11 is 0. The third-order valence-electron chi connectivity index (χ3n) is 4.29. The number of amides is 1. The van der Waals surface area contributed by atoms with Gasteiger partial charge in [-0.2, -0.15) is 0 Å². The van der Waals surface area contributed by atoms with Crippen molar-refractivity contribution in [2.75, 3.05) is 17.6 Å². The highest BCUT2D eigenvalue weighted by molar-refractivity contribution is 5.99. The van der Waals surface area contributed by atoms with Gasteiger partial charge in [-0.3, -0.25) is 4.79 Å². The molecule has 2 aliphatic carbocycles. The molecule has 2 fully saturated rings. The minimum absolute atomic E-state index is 0.406. The van der Waals surface area contributed by atoms with Gasteiger partial charge in [-0.15, -0.1) is 0 Å². The van der Waals surface area contributed by atoms with Crippen molar-refractivity contribution in [3.8, 4) is 0 Å². The van der Waals surface area contributed by atoms with Gasteiger partial charge in [0.25, 0.3) is 5.91 Å². The summed E-state index contributed by atoms with van der Waals surface area (Å²) in [5.41, 5.74) is 13.1. The number of nitrogens with one attached hydrogen (secondary N) is 1. The fourth-order valence-corrected chi connectivity index (χ4v) is 2.92. The summed E-state index contributed by atoms with van der Waals surface area (Å²) in [6.07, 6.45) is 5.45. The van der Waals surface area contributed by atoms with Gasteiger partial charge in [0, 0.05) is 17.9 Å². The van der Waals surface area contributed by atoms with Crippen LogP contribution in [0.1, 0.15) is 36.0 Å². The maximum atomic E-state index is 11.4. The highest BCUT2D eigenvalue weighted by Gasteiger charge is 2.41. The molecule has 0 atom stereocenters. The lowest BCUT2D eigenvalue weighted by Gasteiger charge is -2.18. The molecule has 0 radical (unpaired) electrons. The molecule has 2 aliphatic rings. The summed E-state index contributed by atoms with van der Waals surface area (Å²) in [4.78, 5) is 11.4. The van der Waals surface area contributed by atoms with Crippen LogP contribution in [0.2, 0.25) is 0 Å². The maximum absolute atomic E-state index is 11.4. The van der Waals surface area contributed by atoms with Gasteiger partial charge in [-0.05, 0) is 61.6 Å². The third-order valence-corrected chi connectivity index (χ3v) is 4.29. The molecule has 0 heterocycles. The molecule has 1 amide bonds. The number of hydrogen-bond acceptors (Lipinski definition) is 3. The molecule has 4 heteroatoms. The lowest BCUT2D eigenvalue weighted by molar-refractivity contribution is 0.100. The normalized spacial score (nSPS) is 18.6. The van der Waals surface area contributed by atoms with Gasteiger partial charge in [0.2, 0.25) is 0 Å².